The van der Waals surface area contributed by atoms with Crippen molar-refractivity contribution >= 4 is 11.6 Å². The van der Waals surface area contributed by atoms with Gasteiger partial charge in [0.2, 0.25) is 0 Å². The molecule has 1 aliphatic carbocycles. The molecule has 26 heavy (non-hydrogen) atoms. The Bertz CT molecular complexity index is 874. The number of hydrogen-bond donors (Lipinski definition) is 2. The highest BCUT2D eigenvalue weighted by atomic mass is 16.5. The van der Waals surface area contributed by atoms with Crippen LogP contribution in [0.25, 0.3) is 0 Å². The van der Waals surface area contributed by atoms with Gasteiger partial charge < -0.3 is 14.6 Å². The first kappa shape index (κ1) is 17.8. The highest BCUT2D eigenvalue weighted by molar-refractivity contribution is 6.06. The van der Waals surface area contributed by atoms with E-state index in [1.807, 2.05) is 13.0 Å². The smallest absolute Gasteiger partial charge is 0.271 e. The van der Waals surface area contributed by atoms with Gasteiger partial charge in [-0.05, 0) is 61.6 Å². The molecule has 6 heteroatoms. The minimum Gasteiger partial charge on any atom is -0.507 e. The Balaban J connectivity index is 1.86. The lowest BCUT2D eigenvalue weighted by atomic mass is 9.86. The lowest BCUT2D eigenvalue weighted by Gasteiger charge is -2.21. The van der Waals surface area contributed by atoms with Crippen LogP contribution in [0.4, 0.5) is 0 Å². The van der Waals surface area contributed by atoms with Crippen LogP contribution in [-0.2, 0) is 6.42 Å². The number of fused-ring (bicyclic) bond motifs is 1. The van der Waals surface area contributed by atoms with Gasteiger partial charge in [0.1, 0.15) is 5.75 Å². The molecule has 0 aliphatic heterocycles. The van der Waals surface area contributed by atoms with Crippen LogP contribution in [0.2, 0.25) is 0 Å². The van der Waals surface area contributed by atoms with Crippen LogP contribution in [0.5, 0.6) is 17.2 Å². The van der Waals surface area contributed by atoms with Crippen molar-refractivity contribution in [2.24, 2.45) is 5.10 Å². The molecule has 0 spiro atoms. The van der Waals surface area contributed by atoms with Crippen molar-refractivity contribution in [3.8, 4) is 17.2 Å². The molecule has 0 bridgehead atoms. The zero-order valence-corrected chi connectivity index (χ0v) is 15.1. The first-order valence-electron chi connectivity index (χ1n) is 8.46. The Hall–Kier alpha value is -3.02. The van der Waals surface area contributed by atoms with E-state index in [0.717, 1.165) is 29.5 Å². The van der Waals surface area contributed by atoms with Crippen molar-refractivity contribution in [2.45, 2.75) is 26.2 Å². The van der Waals surface area contributed by atoms with Crippen LogP contribution in [-0.4, -0.2) is 30.9 Å². The Labute approximate surface area is 152 Å². The number of aryl methyl sites for hydroxylation is 1. The summed E-state index contributed by atoms with van der Waals surface area (Å²) in [6, 6.07) is 8.49. The summed E-state index contributed by atoms with van der Waals surface area (Å²) in [5.41, 5.74) is 6.65. The van der Waals surface area contributed by atoms with Crippen molar-refractivity contribution in [1.82, 2.24) is 5.43 Å². The van der Waals surface area contributed by atoms with Crippen LogP contribution in [0, 0.1) is 6.92 Å². The molecule has 3 rings (SSSR count). The van der Waals surface area contributed by atoms with Gasteiger partial charge in [-0.1, -0.05) is 6.07 Å². The second-order valence-electron chi connectivity index (χ2n) is 6.18. The summed E-state index contributed by atoms with van der Waals surface area (Å²) in [5, 5.41) is 14.5. The van der Waals surface area contributed by atoms with E-state index < -0.39 is 0 Å². The fraction of sp³-hybridized carbons (Fsp3) is 0.300. The number of phenolic OH excluding ortho intramolecular Hbond substituents is 1. The Kier molecular flexibility index (Phi) is 5.11. The maximum Gasteiger partial charge on any atom is 0.271 e. The van der Waals surface area contributed by atoms with Crippen molar-refractivity contribution in [2.75, 3.05) is 14.2 Å². The number of phenols is 1. The molecule has 0 saturated heterocycles. The summed E-state index contributed by atoms with van der Waals surface area (Å²) in [6.45, 7) is 2.02. The monoisotopic (exact) mass is 354 g/mol. The molecule has 0 atom stereocenters. The zero-order chi connectivity index (χ0) is 18.7. The number of hydrazone groups is 1. The first-order valence-corrected chi connectivity index (χ1v) is 8.46. The predicted molar refractivity (Wildman–Crippen MR) is 99.3 cm³/mol. The summed E-state index contributed by atoms with van der Waals surface area (Å²) in [7, 11) is 3.06. The second kappa shape index (κ2) is 7.47. The third kappa shape index (κ3) is 3.35. The third-order valence-corrected chi connectivity index (χ3v) is 4.59. The maximum absolute atomic E-state index is 12.4. The van der Waals surface area contributed by atoms with Gasteiger partial charge in [0.05, 0.1) is 19.9 Å². The molecular formula is C20H22N2O4. The second-order valence-corrected chi connectivity index (χ2v) is 6.18. The minimum absolute atomic E-state index is 0.199. The molecule has 2 aromatic rings. The zero-order valence-electron chi connectivity index (χ0n) is 15.1. The normalized spacial score (nSPS) is 14.7. The number of amides is 1. The van der Waals surface area contributed by atoms with Gasteiger partial charge in [0.25, 0.3) is 5.91 Å². The molecule has 0 heterocycles. The van der Waals surface area contributed by atoms with Gasteiger partial charge >= 0.3 is 0 Å². The van der Waals surface area contributed by atoms with E-state index in [-0.39, 0.29) is 11.7 Å². The number of carbonyl (C=O) groups is 1. The predicted octanol–water partition coefficient (Wildman–Crippen LogP) is 3.19. The Morgan fingerprint density at radius 2 is 1.88 bits per heavy atom. The average Bonchev–Trinajstić information content (AvgIpc) is 2.68. The highest BCUT2D eigenvalue weighted by Gasteiger charge is 2.21. The summed E-state index contributed by atoms with van der Waals surface area (Å²) >= 11 is 0. The van der Waals surface area contributed by atoms with Gasteiger partial charge in [-0.3, -0.25) is 4.79 Å². The summed E-state index contributed by atoms with van der Waals surface area (Å²) in [4.78, 5) is 12.4. The average molecular weight is 354 g/mol. The third-order valence-electron chi connectivity index (χ3n) is 4.59. The fourth-order valence-electron chi connectivity index (χ4n) is 3.21. The van der Waals surface area contributed by atoms with Gasteiger partial charge in [-0.25, -0.2) is 5.43 Å². The molecule has 2 aromatic carbocycles. The van der Waals surface area contributed by atoms with E-state index in [1.54, 1.807) is 31.4 Å². The number of methoxy groups -OCH3 is 2. The Morgan fingerprint density at radius 3 is 2.62 bits per heavy atom. The van der Waals surface area contributed by atoms with E-state index in [1.165, 1.54) is 7.11 Å². The maximum atomic E-state index is 12.4. The van der Waals surface area contributed by atoms with Gasteiger partial charge in [-0.2, -0.15) is 5.10 Å². The van der Waals surface area contributed by atoms with Gasteiger partial charge in [0, 0.05) is 11.1 Å². The van der Waals surface area contributed by atoms with E-state index in [9.17, 15) is 9.90 Å². The minimum atomic E-state index is -0.349. The summed E-state index contributed by atoms with van der Waals surface area (Å²) in [6.07, 6.45) is 2.54. The molecule has 2 N–H and O–H groups in total. The van der Waals surface area contributed by atoms with Gasteiger partial charge in [0.15, 0.2) is 11.5 Å². The standard InChI is InChI=1S/C20H22N2O4/c1-12-7-9-16(23)19-14(12)5-4-6-15(19)21-22-20(24)13-8-10-17(25-2)18(11-13)26-3/h7-11,23H,4-6H2,1-3H3,(H,22,24)/b21-15+. The molecule has 6 nitrogen and oxygen atoms in total. The molecular weight excluding hydrogens is 332 g/mol. The molecule has 136 valence electrons. The number of carbonyl (C=O) groups excluding carboxylic acids is 1. The fourth-order valence-corrected chi connectivity index (χ4v) is 3.21. The highest BCUT2D eigenvalue weighted by Crippen LogP contribution is 2.31. The summed E-state index contributed by atoms with van der Waals surface area (Å²) < 4.78 is 10.4. The molecule has 0 saturated carbocycles. The first-order chi connectivity index (χ1) is 12.5. The molecule has 0 fully saturated rings. The van der Waals surface area contributed by atoms with E-state index in [4.69, 9.17) is 9.47 Å². The molecule has 0 aromatic heterocycles. The van der Waals surface area contributed by atoms with Crippen molar-refractivity contribution < 1.29 is 19.4 Å². The van der Waals surface area contributed by atoms with Crippen LogP contribution in [0.1, 0.15) is 39.9 Å². The number of hydrogen-bond acceptors (Lipinski definition) is 5. The Morgan fingerprint density at radius 1 is 1.12 bits per heavy atom. The van der Waals surface area contributed by atoms with Crippen LogP contribution >= 0.6 is 0 Å². The number of nitrogens with one attached hydrogen (secondary N) is 1. The van der Waals surface area contributed by atoms with Crippen LogP contribution in [0.3, 0.4) is 0 Å². The van der Waals surface area contributed by atoms with Crippen LogP contribution < -0.4 is 14.9 Å². The van der Waals surface area contributed by atoms with Crippen LogP contribution in [0.15, 0.2) is 35.4 Å². The SMILES string of the molecule is COc1ccc(C(=O)N/N=C2\CCCc3c(C)ccc(O)c32)cc1OC. The molecule has 1 amide bonds. The van der Waals surface area contributed by atoms with Crippen molar-refractivity contribution in [3.05, 3.63) is 52.6 Å². The van der Waals surface area contributed by atoms with E-state index in [0.29, 0.717) is 29.2 Å². The number of ether oxygens (including phenoxy) is 2. The number of aromatic hydroxyl groups is 1. The lowest BCUT2D eigenvalue weighted by Crippen LogP contribution is -2.22. The topological polar surface area (TPSA) is 80.2 Å². The van der Waals surface area contributed by atoms with Crippen molar-refractivity contribution in [1.29, 1.82) is 0 Å². The molecule has 0 radical (unpaired) electrons. The van der Waals surface area contributed by atoms with E-state index >= 15 is 0 Å². The molecule has 0 unspecified atom stereocenters. The van der Waals surface area contributed by atoms with E-state index in [2.05, 4.69) is 10.5 Å². The molecule has 1 aliphatic rings. The van der Waals surface area contributed by atoms with Crippen molar-refractivity contribution in [3.63, 3.8) is 0 Å². The number of rotatable bonds is 4. The summed E-state index contributed by atoms with van der Waals surface area (Å²) in [5.74, 6) is 0.878. The number of nitrogens with zero attached hydrogens (tertiary/aromatic N) is 1. The van der Waals surface area contributed by atoms with Gasteiger partial charge in [-0.15, -0.1) is 0 Å². The lowest BCUT2D eigenvalue weighted by molar-refractivity contribution is 0.0954. The quantitative estimate of drug-likeness (QED) is 0.827. The number of benzene rings is 2. The largest absolute Gasteiger partial charge is 0.507 e.